The summed E-state index contributed by atoms with van der Waals surface area (Å²) in [5.74, 6) is -0.865. The third-order valence-electron chi connectivity index (χ3n) is 6.10. The van der Waals surface area contributed by atoms with Gasteiger partial charge in [-0.1, -0.05) is 48.5 Å². The predicted octanol–water partition coefficient (Wildman–Crippen LogP) is 2.90. The Morgan fingerprint density at radius 3 is 2.00 bits per heavy atom. The molecular weight excluding hydrogens is 406 g/mol. The number of aliphatic hydroxyl groups is 1. The van der Waals surface area contributed by atoms with Crippen LogP contribution in [0.4, 0.5) is 0 Å². The summed E-state index contributed by atoms with van der Waals surface area (Å²) in [5, 5.41) is 16.2. The molecule has 3 aromatic carbocycles. The number of fused-ring (bicyclic) bond motifs is 3. The van der Waals surface area contributed by atoms with Gasteiger partial charge in [0.1, 0.15) is 5.69 Å². The zero-order chi connectivity index (χ0) is 22.0. The fourth-order valence-corrected chi connectivity index (χ4v) is 4.65. The van der Waals surface area contributed by atoms with Crippen molar-refractivity contribution in [3.63, 3.8) is 0 Å². The number of ketones is 1. The Balaban J connectivity index is 1.34. The summed E-state index contributed by atoms with van der Waals surface area (Å²) in [6.45, 7) is -0.0675. The summed E-state index contributed by atoms with van der Waals surface area (Å²) in [4.78, 5) is 39.3. The number of amides is 2. The third kappa shape index (κ3) is 2.52. The largest absolute Gasteiger partial charge is 0.389 e. The summed E-state index contributed by atoms with van der Waals surface area (Å²) in [6.07, 6.45) is -1.02. The number of hydrogen-bond acceptors (Lipinski definition) is 5. The second-order valence-corrected chi connectivity index (χ2v) is 8.03. The molecule has 4 aromatic rings. The van der Waals surface area contributed by atoms with Crippen LogP contribution in [-0.4, -0.2) is 50.0 Å². The van der Waals surface area contributed by atoms with Crippen LogP contribution < -0.4 is 0 Å². The molecule has 0 saturated heterocycles. The zero-order valence-electron chi connectivity index (χ0n) is 16.9. The first-order chi connectivity index (χ1) is 15.5. The number of carbonyl (C=O) groups is 3. The number of benzene rings is 3. The molecule has 2 aliphatic rings. The standard InChI is InChI=1S/C25H17N3O4/c29-14(12-27-24(31)17-8-3-4-9-18(17)25(27)32)13-28-20-11-5-10-19-21(20)22(26-28)15-6-1-2-7-16(15)23(19)30/h1-11,14,29H,12-13H2/t14-/m1/s1. The van der Waals surface area contributed by atoms with Gasteiger partial charge >= 0.3 is 0 Å². The number of aromatic nitrogens is 2. The molecule has 6 rings (SSSR count). The molecule has 156 valence electrons. The molecule has 0 spiro atoms. The molecule has 2 heterocycles. The fraction of sp³-hybridized carbons (Fsp3) is 0.120. The molecule has 1 N–H and O–H groups in total. The number of carbonyl (C=O) groups excluding carboxylic acids is 3. The first-order valence-electron chi connectivity index (χ1n) is 10.3. The SMILES string of the molecule is O=C1c2ccccc2-c2nn(C[C@H](O)CN3C(=O)c4ccccc4C3=O)c3cccc1c23. The van der Waals surface area contributed by atoms with Crippen LogP contribution in [0.1, 0.15) is 36.6 Å². The highest BCUT2D eigenvalue weighted by Gasteiger charge is 2.36. The van der Waals surface area contributed by atoms with Crippen molar-refractivity contribution < 1.29 is 19.5 Å². The van der Waals surface area contributed by atoms with Gasteiger partial charge in [0.05, 0.1) is 35.8 Å². The van der Waals surface area contributed by atoms with Gasteiger partial charge < -0.3 is 5.11 Å². The molecule has 1 aliphatic heterocycles. The van der Waals surface area contributed by atoms with Crippen molar-refractivity contribution in [3.8, 4) is 11.3 Å². The van der Waals surface area contributed by atoms with Crippen molar-refractivity contribution in [2.75, 3.05) is 6.54 Å². The predicted molar refractivity (Wildman–Crippen MR) is 116 cm³/mol. The van der Waals surface area contributed by atoms with Gasteiger partial charge in [-0.25, -0.2) is 0 Å². The van der Waals surface area contributed by atoms with E-state index in [9.17, 15) is 19.5 Å². The highest BCUT2D eigenvalue weighted by atomic mass is 16.3. The second kappa shape index (κ2) is 6.70. The molecule has 0 saturated carbocycles. The van der Waals surface area contributed by atoms with Crippen molar-refractivity contribution in [1.82, 2.24) is 14.7 Å². The molecule has 7 nitrogen and oxygen atoms in total. The minimum atomic E-state index is -1.02. The molecule has 0 unspecified atom stereocenters. The van der Waals surface area contributed by atoms with Crippen LogP contribution in [0, 0.1) is 0 Å². The highest BCUT2D eigenvalue weighted by molar-refractivity contribution is 6.25. The number of β-amino-alcohol motifs (C(OH)–C–C–N with tert-alkyl or cyclic N) is 1. The summed E-state index contributed by atoms with van der Waals surface area (Å²) in [5.41, 5.74) is 4.06. The number of rotatable bonds is 4. The van der Waals surface area contributed by atoms with Crippen LogP contribution in [0.2, 0.25) is 0 Å². The number of nitrogens with zero attached hydrogens (tertiary/aromatic N) is 3. The van der Waals surface area contributed by atoms with E-state index in [1.165, 1.54) is 0 Å². The van der Waals surface area contributed by atoms with Crippen LogP contribution in [0.3, 0.4) is 0 Å². The molecule has 0 radical (unpaired) electrons. The molecular formula is C25H17N3O4. The Bertz CT molecular complexity index is 1430. The van der Waals surface area contributed by atoms with Crippen molar-refractivity contribution in [3.05, 3.63) is 89.0 Å². The molecule has 2 amide bonds. The van der Waals surface area contributed by atoms with Crippen molar-refractivity contribution >= 4 is 28.5 Å². The maximum absolute atomic E-state index is 13.0. The number of hydrogen-bond donors (Lipinski definition) is 1. The summed E-state index contributed by atoms with van der Waals surface area (Å²) >= 11 is 0. The van der Waals surface area contributed by atoms with Crippen molar-refractivity contribution in [2.45, 2.75) is 12.6 Å². The minimum absolute atomic E-state index is 0.0511. The molecule has 0 fully saturated rings. The lowest BCUT2D eigenvalue weighted by Gasteiger charge is -2.18. The fourth-order valence-electron chi connectivity index (χ4n) is 4.65. The van der Waals surface area contributed by atoms with Gasteiger partial charge in [0.15, 0.2) is 5.78 Å². The number of imide groups is 1. The van der Waals surface area contributed by atoms with Crippen LogP contribution in [0.15, 0.2) is 66.7 Å². The average molecular weight is 423 g/mol. The van der Waals surface area contributed by atoms with E-state index in [-0.39, 0.29) is 18.9 Å². The van der Waals surface area contributed by atoms with Crippen LogP contribution in [-0.2, 0) is 6.54 Å². The molecule has 0 bridgehead atoms. The van der Waals surface area contributed by atoms with Crippen molar-refractivity contribution in [2.24, 2.45) is 0 Å². The Morgan fingerprint density at radius 1 is 0.719 bits per heavy atom. The lowest BCUT2D eigenvalue weighted by Crippen LogP contribution is -2.38. The van der Waals surface area contributed by atoms with E-state index in [1.807, 2.05) is 24.3 Å². The van der Waals surface area contributed by atoms with E-state index in [4.69, 9.17) is 5.10 Å². The van der Waals surface area contributed by atoms with Gasteiger partial charge in [-0.3, -0.25) is 24.0 Å². The maximum Gasteiger partial charge on any atom is 0.261 e. The topological polar surface area (TPSA) is 92.5 Å². The lowest BCUT2D eigenvalue weighted by molar-refractivity contribution is 0.0517. The summed E-state index contributed by atoms with van der Waals surface area (Å²) in [7, 11) is 0. The van der Waals surface area contributed by atoms with E-state index in [2.05, 4.69) is 0 Å². The first kappa shape index (κ1) is 18.7. The quantitative estimate of drug-likeness (QED) is 0.449. The molecule has 7 heteroatoms. The minimum Gasteiger partial charge on any atom is -0.389 e. The Morgan fingerprint density at radius 2 is 1.31 bits per heavy atom. The normalized spacial score (nSPS) is 15.3. The van der Waals surface area contributed by atoms with Gasteiger partial charge in [-0.05, 0) is 18.2 Å². The maximum atomic E-state index is 13.0. The smallest absolute Gasteiger partial charge is 0.261 e. The van der Waals surface area contributed by atoms with E-state index in [1.54, 1.807) is 47.1 Å². The summed E-state index contributed by atoms with van der Waals surface area (Å²) < 4.78 is 1.65. The van der Waals surface area contributed by atoms with Crippen LogP contribution in [0.25, 0.3) is 22.2 Å². The van der Waals surface area contributed by atoms with Crippen molar-refractivity contribution in [1.29, 1.82) is 0 Å². The van der Waals surface area contributed by atoms with E-state index < -0.39 is 17.9 Å². The van der Waals surface area contributed by atoms with E-state index in [0.717, 1.165) is 21.4 Å². The molecule has 1 aliphatic carbocycles. The Labute approximate surface area is 182 Å². The molecule has 1 atom stereocenters. The molecule has 32 heavy (non-hydrogen) atoms. The zero-order valence-corrected chi connectivity index (χ0v) is 16.9. The second-order valence-electron chi connectivity index (χ2n) is 8.03. The van der Waals surface area contributed by atoms with E-state index >= 15 is 0 Å². The van der Waals surface area contributed by atoms with Gasteiger partial charge in [0.2, 0.25) is 0 Å². The molecule has 1 aromatic heterocycles. The Kier molecular flexibility index (Phi) is 3.90. The lowest BCUT2D eigenvalue weighted by atomic mass is 9.87. The summed E-state index contributed by atoms with van der Waals surface area (Å²) in [6, 6.07) is 19.4. The highest BCUT2D eigenvalue weighted by Crippen LogP contribution is 2.38. The van der Waals surface area contributed by atoms with Crippen LogP contribution >= 0.6 is 0 Å². The van der Waals surface area contributed by atoms with Gasteiger partial charge in [0, 0.05) is 22.1 Å². The average Bonchev–Trinajstić information content (AvgIpc) is 3.29. The van der Waals surface area contributed by atoms with E-state index in [0.29, 0.717) is 27.9 Å². The first-order valence-corrected chi connectivity index (χ1v) is 10.3. The van der Waals surface area contributed by atoms with Gasteiger partial charge in [-0.15, -0.1) is 0 Å². The van der Waals surface area contributed by atoms with Crippen LogP contribution in [0.5, 0.6) is 0 Å². The third-order valence-corrected chi connectivity index (χ3v) is 6.10. The van der Waals surface area contributed by atoms with Gasteiger partial charge in [-0.2, -0.15) is 5.10 Å². The Hall–Kier alpha value is -4.10. The monoisotopic (exact) mass is 423 g/mol. The number of aliphatic hydroxyl groups excluding tert-OH is 1. The van der Waals surface area contributed by atoms with Gasteiger partial charge in [0.25, 0.3) is 11.8 Å².